The quantitative estimate of drug-likeness (QED) is 0.877. The zero-order chi connectivity index (χ0) is 14.9. The summed E-state index contributed by atoms with van der Waals surface area (Å²) >= 11 is 0. The fourth-order valence-electron chi connectivity index (χ4n) is 3.55. The summed E-state index contributed by atoms with van der Waals surface area (Å²) < 4.78 is 14.0. The summed E-state index contributed by atoms with van der Waals surface area (Å²) in [6, 6.07) is 15.0. The van der Waals surface area contributed by atoms with Crippen molar-refractivity contribution in [2.75, 3.05) is 0 Å². The second-order valence-corrected chi connectivity index (χ2v) is 6.25. The topological polar surface area (TPSA) is 20.2 Å². The first kappa shape index (κ1) is 14.3. The van der Waals surface area contributed by atoms with Gasteiger partial charge >= 0.3 is 0 Å². The van der Waals surface area contributed by atoms with Gasteiger partial charge in [0.25, 0.3) is 0 Å². The number of aliphatic hydroxyl groups is 1. The van der Waals surface area contributed by atoms with E-state index in [9.17, 15) is 9.50 Å². The number of hydrogen-bond donors (Lipinski definition) is 1. The van der Waals surface area contributed by atoms with Gasteiger partial charge in [-0.15, -0.1) is 0 Å². The Hall–Kier alpha value is -1.67. The molecule has 0 aliphatic heterocycles. The van der Waals surface area contributed by atoms with E-state index in [4.69, 9.17) is 0 Å². The van der Waals surface area contributed by atoms with Crippen LogP contribution in [0, 0.1) is 5.82 Å². The van der Waals surface area contributed by atoms with E-state index in [1.165, 1.54) is 17.2 Å². The first-order valence-electron chi connectivity index (χ1n) is 7.63. The number of halogens is 1. The van der Waals surface area contributed by atoms with Gasteiger partial charge in [0.2, 0.25) is 0 Å². The van der Waals surface area contributed by atoms with Crippen molar-refractivity contribution in [3.8, 4) is 0 Å². The first-order valence-corrected chi connectivity index (χ1v) is 7.63. The Morgan fingerprint density at radius 1 is 1.14 bits per heavy atom. The number of rotatable bonds is 3. The highest BCUT2D eigenvalue weighted by Gasteiger charge is 2.32. The molecule has 0 aromatic heterocycles. The van der Waals surface area contributed by atoms with Crippen molar-refractivity contribution >= 4 is 0 Å². The highest BCUT2D eigenvalue weighted by atomic mass is 19.1. The van der Waals surface area contributed by atoms with Crippen LogP contribution in [0.15, 0.2) is 48.5 Å². The van der Waals surface area contributed by atoms with Gasteiger partial charge in [0.15, 0.2) is 0 Å². The van der Waals surface area contributed by atoms with Crippen LogP contribution in [0.4, 0.5) is 4.39 Å². The molecule has 2 unspecified atom stereocenters. The second-order valence-electron chi connectivity index (χ2n) is 6.25. The smallest absolute Gasteiger partial charge is 0.129 e. The molecule has 3 rings (SSSR count). The van der Waals surface area contributed by atoms with Crippen LogP contribution in [-0.4, -0.2) is 5.11 Å². The predicted molar refractivity (Wildman–Crippen MR) is 82.7 cm³/mol. The van der Waals surface area contributed by atoms with Gasteiger partial charge in [-0.05, 0) is 55.7 Å². The fourth-order valence-corrected chi connectivity index (χ4v) is 3.55. The number of benzene rings is 2. The molecule has 0 fully saturated rings. The van der Waals surface area contributed by atoms with Gasteiger partial charge in [-0.2, -0.15) is 0 Å². The summed E-state index contributed by atoms with van der Waals surface area (Å²) in [4.78, 5) is 0. The minimum atomic E-state index is -1.14. The largest absolute Gasteiger partial charge is 0.385 e. The van der Waals surface area contributed by atoms with Crippen LogP contribution in [0.2, 0.25) is 0 Å². The van der Waals surface area contributed by atoms with Crippen LogP contribution in [-0.2, 0) is 12.0 Å². The Labute approximate surface area is 125 Å². The van der Waals surface area contributed by atoms with Crippen LogP contribution in [0.5, 0.6) is 0 Å². The molecular weight excluding hydrogens is 263 g/mol. The third-order valence-electron chi connectivity index (χ3n) is 4.59. The fraction of sp³-hybridized carbons (Fsp3) is 0.368. The van der Waals surface area contributed by atoms with Crippen LogP contribution in [0.1, 0.15) is 48.8 Å². The van der Waals surface area contributed by atoms with Gasteiger partial charge in [-0.3, -0.25) is 0 Å². The maximum Gasteiger partial charge on any atom is 0.129 e. The summed E-state index contributed by atoms with van der Waals surface area (Å²) in [5, 5.41) is 10.8. The highest BCUT2D eigenvalue weighted by Crippen LogP contribution is 2.40. The molecule has 0 radical (unpaired) electrons. The second kappa shape index (κ2) is 5.61. The average molecular weight is 284 g/mol. The lowest BCUT2D eigenvalue weighted by atomic mass is 9.75. The van der Waals surface area contributed by atoms with Crippen molar-refractivity contribution in [1.82, 2.24) is 0 Å². The van der Waals surface area contributed by atoms with E-state index < -0.39 is 5.60 Å². The molecule has 0 bridgehead atoms. The molecule has 2 aromatic rings. The van der Waals surface area contributed by atoms with Crippen molar-refractivity contribution in [2.45, 2.75) is 44.1 Å². The number of aryl methyl sites for hydroxylation is 1. The van der Waals surface area contributed by atoms with Gasteiger partial charge in [0, 0.05) is 5.56 Å². The summed E-state index contributed by atoms with van der Waals surface area (Å²) in [7, 11) is 0. The van der Waals surface area contributed by atoms with E-state index >= 15 is 0 Å². The predicted octanol–water partition coefficient (Wildman–Crippen LogP) is 4.54. The normalized spacial score (nSPS) is 20.6. The van der Waals surface area contributed by atoms with Gasteiger partial charge in [0.05, 0.1) is 5.60 Å². The molecule has 1 nitrogen and oxygen atoms in total. The lowest BCUT2D eigenvalue weighted by Gasteiger charge is -2.33. The molecule has 110 valence electrons. The van der Waals surface area contributed by atoms with Crippen LogP contribution < -0.4 is 0 Å². The summed E-state index contributed by atoms with van der Waals surface area (Å²) in [5.41, 5.74) is 1.95. The molecule has 21 heavy (non-hydrogen) atoms. The Balaban J connectivity index is 1.89. The SMILES string of the molecule is CC(O)(CC1CCCc2ccccc21)c1ccccc1F. The number of hydrogen-bond acceptors (Lipinski definition) is 1. The van der Waals surface area contributed by atoms with Gasteiger partial charge in [-0.25, -0.2) is 4.39 Å². The third-order valence-corrected chi connectivity index (χ3v) is 4.59. The van der Waals surface area contributed by atoms with E-state index in [-0.39, 0.29) is 5.82 Å². The standard InChI is InChI=1S/C19H21FO/c1-19(21,17-11-4-5-12-18(17)20)13-15-9-6-8-14-7-2-3-10-16(14)15/h2-5,7,10-12,15,21H,6,8-9,13H2,1H3. The minimum Gasteiger partial charge on any atom is -0.385 e. The van der Waals surface area contributed by atoms with Crippen LogP contribution in [0.25, 0.3) is 0 Å². The molecule has 2 aromatic carbocycles. The summed E-state index contributed by atoms with van der Waals surface area (Å²) in [6.07, 6.45) is 3.86. The van der Waals surface area contributed by atoms with Gasteiger partial charge in [-0.1, -0.05) is 42.5 Å². The molecule has 0 saturated carbocycles. The van der Waals surface area contributed by atoms with Crippen LogP contribution in [0.3, 0.4) is 0 Å². The molecule has 1 aliphatic rings. The molecule has 1 aliphatic carbocycles. The minimum absolute atomic E-state index is 0.296. The lowest BCUT2D eigenvalue weighted by molar-refractivity contribution is 0.0345. The maximum absolute atomic E-state index is 14.0. The number of fused-ring (bicyclic) bond motifs is 1. The van der Waals surface area contributed by atoms with E-state index in [2.05, 4.69) is 24.3 Å². The van der Waals surface area contributed by atoms with Crippen molar-refractivity contribution in [3.05, 3.63) is 71.0 Å². The maximum atomic E-state index is 14.0. The summed E-state index contributed by atoms with van der Waals surface area (Å²) in [5.74, 6) is -0.0313. The van der Waals surface area contributed by atoms with Crippen LogP contribution >= 0.6 is 0 Å². The van der Waals surface area contributed by atoms with E-state index in [0.717, 1.165) is 19.3 Å². The molecule has 0 spiro atoms. The van der Waals surface area contributed by atoms with E-state index in [1.54, 1.807) is 25.1 Å². The molecular formula is C19H21FO. The lowest BCUT2D eigenvalue weighted by Crippen LogP contribution is -2.27. The molecule has 1 N–H and O–H groups in total. The molecule has 2 atom stereocenters. The van der Waals surface area contributed by atoms with E-state index in [0.29, 0.717) is 17.9 Å². The summed E-state index contributed by atoms with van der Waals surface area (Å²) in [6.45, 7) is 1.72. The monoisotopic (exact) mass is 284 g/mol. The molecule has 0 amide bonds. The first-order chi connectivity index (χ1) is 10.1. The van der Waals surface area contributed by atoms with Crippen molar-refractivity contribution < 1.29 is 9.50 Å². The third kappa shape index (κ3) is 2.86. The zero-order valence-corrected chi connectivity index (χ0v) is 12.3. The van der Waals surface area contributed by atoms with Crippen molar-refractivity contribution in [3.63, 3.8) is 0 Å². The average Bonchev–Trinajstić information content (AvgIpc) is 2.47. The van der Waals surface area contributed by atoms with Crippen molar-refractivity contribution in [2.24, 2.45) is 0 Å². The Kier molecular flexibility index (Phi) is 3.81. The van der Waals surface area contributed by atoms with E-state index in [1.807, 2.05) is 0 Å². The van der Waals surface area contributed by atoms with Crippen molar-refractivity contribution in [1.29, 1.82) is 0 Å². The Bertz CT molecular complexity index is 633. The Morgan fingerprint density at radius 3 is 2.67 bits per heavy atom. The zero-order valence-electron chi connectivity index (χ0n) is 12.3. The van der Waals surface area contributed by atoms with Gasteiger partial charge < -0.3 is 5.11 Å². The van der Waals surface area contributed by atoms with Gasteiger partial charge in [0.1, 0.15) is 5.82 Å². The molecule has 0 saturated heterocycles. The molecule has 0 heterocycles. The molecule has 2 heteroatoms. The highest BCUT2D eigenvalue weighted by molar-refractivity contribution is 5.34. The Morgan fingerprint density at radius 2 is 1.86 bits per heavy atom.